The molecule has 1 unspecified atom stereocenters. The predicted octanol–water partition coefficient (Wildman–Crippen LogP) is 1.93. The van der Waals surface area contributed by atoms with E-state index in [1.807, 2.05) is 0 Å². The largest absolute Gasteiger partial charge is 0.493 e. The van der Waals surface area contributed by atoms with Crippen molar-refractivity contribution in [2.24, 2.45) is 7.05 Å². The smallest absolute Gasteiger partial charge is 0.490 e. The maximum atomic E-state index is 14.6. The molecule has 2 fully saturated rings. The summed E-state index contributed by atoms with van der Waals surface area (Å²) >= 11 is 0. The third kappa shape index (κ3) is 28.8. The Labute approximate surface area is 645 Å². The number of alkyl halides is 3. The van der Waals surface area contributed by atoms with Gasteiger partial charge in [0, 0.05) is 75.3 Å². The normalized spacial score (nSPS) is 18.6. The van der Waals surface area contributed by atoms with Gasteiger partial charge in [-0.1, -0.05) is 6.07 Å². The molecule has 3 aromatic carbocycles. The number of nitrogen functional groups attached to an aromatic ring is 1. The van der Waals surface area contributed by atoms with Crippen LogP contribution in [-0.2, 0) is 94.6 Å². The number of nitrogens with one attached hydrogen (secondary N) is 4. The molecule has 41 heteroatoms. The molecular weight excluding hydrogens is 1510 g/mol. The van der Waals surface area contributed by atoms with Crippen LogP contribution in [0, 0.1) is 0 Å². The summed E-state index contributed by atoms with van der Waals surface area (Å²) in [6.45, 7) is 4.48. The van der Waals surface area contributed by atoms with Gasteiger partial charge in [0.05, 0.1) is 155 Å². The third-order valence-corrected chi connectivity index (χ3v) is 17.0. The average Bonchev–Trinajstić information content (AvgIpc) is 1.65. The van der Waals surface area contributed by atoms with E-state index in [2.05, 4.69) is 21.3 Å². The van der Waals surface area contributed by atoms with Gasteiger partial charge >= 0.3 is 24.2 Å². The zero-order valence-corrected chi connectivity index (χ0v) is 61.9. The molecule has 4 aliphatic heterocycles. The number of fused-ring (bicyclic) bond motifs is 2. The Bertz CT molecular complexity index is 3830. The molecular formula is C72H94F3N9O29. The lowest BCUT2D eigenvalue weighted by Gasteiger charge is -2.38. The minimum absolute atomic E-state index is 0.00895. The van der Waals surface area contributed by atoms with Crippen molar-refractivity contribution in [1.29, 1.82) is 0 Å². The van der Waals surface area contributed by atoms with E-state index >= 15 is 0 Å². The van der Waals surface area contributed by atoms with E-state index in [0.29, 0.717) is 102 Å². The number of carbonyl (C=O) groups is 10. The van der Waals surface area contributed by atoms with Crippen molar-refractivity contribution in [3.63, 3.8) is 0 Å². The lowest BCUT2D eigenvalue weighted by molar-refractivity contribution is -0.271. The van der Waals surface area contributed by atoms with Crippen LogP contribution in [0.2, 0.25) is 0 Å². The van der Waals surface area contributed by atoms with E-state index in [-0.39, 0.29) is 149 Å². The highest BCUT2D eigenvalue weighted by atomic mass is 19.4. The number of nitrogens with two attached hydrogens (primary N) is 1. The number of aromatic nitrogens is 1. The number of hydrogen-bond acceptors (Lipinski definition) is 28. The summed E-state index contributed by atoms with van der Waals surface area (Å²) in [5.41, 5.74) is 7.53. The Balaban J connectivity index is 0.00000241. The number of benzene rings is 3. The summed E-state index contributed by atoms with van der Waals surface area (Å²) in [4.78, 5) is 128. The fourth-order valence-electron chi connectivity index (χ4n) is 11.2. The molecule has 4 aliphatic rings. The van der Waals surface area contributed by atoms with Crippen LogP contribution in [-0.4, -0.2) is 293 Å². The Morgan fingerprint density at radius 3 is 1.77 bits per heavy atom. The number of ether oxygens (including phenoxy) is 13. The van der Waals surface area contributed by atoms with Gasteiger partial charge in [-0.25, -0.2) is 19.3 Å². The molecule has 2 saturated heterocycles. The first kappa shape index (κ1) is 90.0. The summed E-state index contributed by atoms with van der Waals surface area (Å²) in [6, 6.07) is 14.1. The first-order chi connectivity index (χ1) is 54.1. The van der Waals surface area contributed by atoms with Crippen molar-refractivity contribution < 1.29 is 153 Å². The van der Waals surface area contributed by atoms with Crippen LogP contribution < -0.4 is 46.1 Å². The Morgan fingerprint density at radius 2 is 1.19 bits per heavy atom. The predicted molar refractivity (Wildman–Crippen MR) is 386 cm³/mol. The summed E-state index contributed by atoms with van der Waals surface area (Å²) in [5.74, 6) is -7.51. The van der Waals surface area contributed by atoms with Gasteiger partial charge in [0.15, 0.2) is 23.8 Å². The molecule has 4 aromatic rings. The molecule has 113 heavy (non-hydrogen) atoms. The number of hydrogen-bond donors (Lipinski definition) is 11. The topological polar surface area (TPSA) is 501 Å². The van der Waals surface area contributed by atoms with Gasteiger partial charge < -0.3 is 129 Å². The summed E-state index contributed by atoms with van der Waals surface area (Å²) in [6.07, 6.45) is -12.3. The van der Waals surface area contributed by atoms with E-state index in [1.54, 1.807) is 42.1 Å². The minimum atomic E-state index is -5.08. The third-order valence-electron chi connectivity index (χ3n) is 17.0. The minimum Gasteiger partial charge on any atom is -0.493 e. The number of imide groups is 1. The van der Waals surface area contributed by atoms with Gasteiger partial charge in [0.2, 0.25) is 24.0 Å². The second kappa shape index (κ2) is 46.1. The number of nitrogens with zero attached hydrogens (tertiary/aromatic N) is 4. The van der Waals surface area contributed by atoms with Crippen molar-refractivity contribution in [3.05, 3.63) is 95.8 Å². The molecule has 0 saturated carbocycles. The fraction of sp³-hybridized carbons (Fsp3) is 0.528. The van der Waals surface area contributed by atoms with Gasteiger partial charge in [-0.2, -0.15) is 13.2 Å². The number of halogens is 3. The highest BCUT2D eigenvalue weighted by Gasteiger charge is 2.49. The van der Waals surface area contributed by atoms with E-state index in [4.69, 9.17) is 77.2 Å². The summed E-state index contributed by atoms with van der Waals surface area (Å²) in [5, 5.41) is 71.5. The quantitative estimate of drug-likeness (QED) is 0.0171. The van der Waals surface area contributed by atoms with Crippen molar-refractivity contribution in [3.8, 4) is 17.2 Å². The molecule has 0 spiro atoms. The number of piperidine rings is 1. The van der Waals surface area contributed by atoms with Crippen molar-refractivity contribution in [1.82, 2.24) is 19.7 Å². The number of aliphatic hydroxyl groups is 4. The van der Waals surface area contributed by atoms with Crippen LogP contribution in [0.1, 0.15) is 71.4 Å². The first-order valence-electron chi connectivity index (χ1n) is 35.8. The van der Waals surface area contributed by atoms with E-state index in [1.165, 1.54) is 60.6 Å². The van der Waals surface area contributed by atoms with Gasteiger partial charge in [-0.3, -0.25) is 38.5 Å². The molecule has 622 valence electrons. The molecule has 0 radical (unpaired) electrons. The number of carbonyl (C=O) groups excluding carboxylic acids is 8. The van der Waals surface area contributed by atoms with E-state index in [0.717, 1.165) is 9.80 Å². The van der Waals surface area contributed by atoms with Gasteiger partial charge in [-0.05, 0) is 79.8 Å². The second-order valence-electron chi connectivity index (χ2n) is 25.2. The molecule has 0 aliphatic carbocycles. The highest BCUT2D eigenvalue weighted by molar-refractivity contribution is 6.13. The van der Waals surface area contributed by atoms with Crippen molar-refractivity contribution in [2.75, 3.05) is 166 Å². The Morgan fingerprint density at radius 1 is 0.619 bits per heavy atom. The van der Waals surface area contributed by atoms with Crippen molar-refractivity contribution >= 4 is 87.8 Å². The van der Waals surface area contributed by atoms with Crippen LogP contribution in [0.5, 0.6) is 17.2 Å². The van der Waals surface area contributed by atoms with Crippen LogP contribution in [0.15, 0.2) is 79.0 Å². The molecule has 12 N–H and O–H groups in total. The first-order valence-corrected chi connectivity index (χ1v) is 35.8. The van der Waals surface area contributed by atoms with Gasteiger partial charge in [0.1, 0.15) is 36.4 Å². The van der Waals surface area contributed by atoms with Gasteiger partial charge in [-0.15, -0.1) is 0 Å². The van der Waals surface area contributed by atoms with Crippen LogP contribution in [0.3, 0.4) is 0 Å². The molecule has 5 heterocycles. The standard InChI is InChI=1S/C70H93N9O27.C2HF3O2/c1-76-42-47(39-52(76)65(88)74-46-11-9-45(71)10-12-46)73-57(81)7-5-21-103-55-41-51-48(40-54(55)94-2)66(89)77-19-4-3-6-50(77)67(90)79(51)70(93)104-43-44-8-13-53(105-69-63(87)61(85)62(86)64(106-69)68(91)92)49(38-44)75-58(82)17-22-95-24-26-97-28-30-99-32-34-101-36-37-102-35-33-100-31-29-98-27-25-96-23-18-72-56(80)16-20-78-59(83)14-15-60(78)84;3-2(4,5)1(6)7/h8-15,38-42,50,61-64,67,69,85-87,90H,3-7,16-37,43,71H2,1-2H3,(H,72,80)(H,73,81)(H,74,88)(H,75,82)(H,91,92);(H,6,7)/t50-,61-,62-,63+,64-,67?,69+;/m0./s1. The lowest BCUT2D eigenvalue weighted by Crippen LogP contribution is -2.61. The number of carboxylic acids is 2. The van der Waals surface area contributed by atoms with Crippen molar-refractivity contribution in [2.45, 2.75) is 101 Å². The number of rotatable bonds is 45. The van der Waals surface area contributed by atoms with Crippen LogP contribution in [0.25, 0.3) is 0 Å². The number of amides is 8. The van der Waals surface area contributed by atoms with E-state index < -0.39 is 103 Å². The number of anilines is 5. The number of aryl methyl sites for hydroxylation is 1. The fourth-order valence-corrected chi connectivity index (χ4v) is 11.2. The van der Waals surface area contributed by atoms with Crippen LogP contribution in [0.4, 0.5) is 46.4 Å². The zero-order valence-electron chi connectivity index (χ0n) is 61.9. The SMILES string of the molecule is COc1cc2c(cc1OCCCC(=O)Nc1cc(C(=O)Nc3ccc(N)cc3)n(C)c1)N(C(=O)OCc1ccc(O[C@@H]3O[C@H](C(=O)O)[C@@H](O)[C@H](O)[C@H]3O)c(NC(=O)CCOCCOCCOCCOCCOCCOCCOCCOCCNC(=O)CCN3C(=O)C=CC3=O)c1)C(O)[C@@H]1CCCCN1C2=O.O=C(O)C(F)(F)F. The van der Waals surface area contributed by atoms with Gasteiger partial charge in [0.25, 0.3) is 23.6 Å². The Kier molecular flexibility index (Phi) is 36.8. The molecule has 0 bridgehead atoms. The summed E-state index contributed by atoms with van der Waals surface area (Å²) in [7, 11) is 3.02. The van der Waals surface area contributed by atoms with E-state index in [9.17, 15) is 81.9 Å². The maximum absolute atomic E-state index is 14.6. The summed E-state index contributed by atoms with van der Waals surface area (Å²) < 4.78 is 106. The monoisotopic (exact) mass is 1610 g/mol. The number of carboxylic acid groups (broad SMARTS) is 2. The maximum Gasteiger partial charge on any atom is 0.490 e. The average molecular weight is 1610 g/mol. The Hall–Kier alpha value is -10.2. The molecule has 1 aromatic heterocycles. The molecule has 7 atom stereocenters. The zero-order chi connectivity index (χ0) is 82.0. The molecule has 38 nitrogen and oxygen atoms in total. The highest BCUT2D eigenvalue weighted by Crippen LogP contribution is 2.42. The number of aliphatic carboxylic acids is 2. The lowest BCUT2D eigenvalue weighted by atomic mass is 9.99. The molecule has 8 amide bonds. The number of aliphatic hydroxyl groups excluding tert-OH is 4. The number of methoxy groups -OCH3 is 1. The second-order valence-corrected chi connectivity index (χ2v) is 25.2. The van der Waals surface area contributed by atoms with Crippen LogP contribution >= 0.6 is 0 Å². The molecule has 8 rings (SSSR count).